The van der Waals surface area contributed by atoms with Crippen LogP contribution in [0.4, 0.5) is 0 Å². The first-order valence-electron chi connectivity index (χ1n) is 5.78. The van der Waals surface area contributed by atoms with E-state index in [1.165, 1.54) is 18.5 Å². The zero-order valence-electron chi connectivity index (χ0n) is 10.5. The predicted molar refractivity (Wildman–Crippen MR) is 75.1 cm³/mol. The van der Waals surface area contributed by atoms with Gasteiger partial charge in [0.05, 0.1) is 17.1 Å². The Morgan fingerprint density at radius 1 is 1.50 bits per heavy atom. The van der Waals surface area contributed by atoms with Gasteiger partial charge in [-0.2, -0.15) is 5.10 Å². The minimum atomic E-state index is -0.475. The Morgan fingerprint density at radius 2 is 2.25 bits per heavy atom. The molecule has 8 heteroatoms. The number of amides is 1. The lowest BCUT2D eigenvalue weighted by Gasteiger charge is -2.15. The van der Waals surface area contributed by atoms with Gasteiger partial charge in [-0.3, -0.25) is 9.48 Å². The zero-order valence-corrected chi connectivity index (χ0v) is 12.1. The highest BCUT2D eigenvalue weighted by Gasteiger charge is 2.18. The van der Waals surface area contributed by atoms with E-state index in [1.54, 1.807) is 17.9 Å². The van der Waals surface area contributed by atoms with Crippen LogP contribution in [0.25, 0.3) is 0 Å². The molecule has 0 aliphatic heterocycles. The molecule has 2 aromatic rings. The van der Waals surface area contributed by atoms with E-state index in [4.69, 9.17) is 23.2 Å². The van der Waals surface area contributed by atoms with Gasteiger partial charge in [0.25, 0.3) is 5.91 Å². The molecule has 0 fully saturated rings. The van der Waals surface area contributed by atoms with Crippen molar-refractivity contribution in [2.45, 2.75) is 19.5 Å². The molecule has 1 aromatic heterocycles. The van der Waals surface area contributed by atoms with E-state index < -0.39 is 5.91 Å². The van der Waals surface area contributed by atoms with Crippen molar-refractivity contribution in [3.05, 3.63) is 40.4 Å². The van der Waals surface area contributed by atoms with Gasteiger partial charge in [0.2, 0.25) is 0 Å². The highest BCUT2D eigenvalue weighted by atomic mass is 35.5. The monoisotopic (exact) mass is 314 g/mol. The molecule has 0 aliphatic carbocycles. The first-order valence-corrected chi connectivity index (χ1v) is 6.54. The lowest BCUT2D eigenvalue weighted by atomic mass is 10.1. The number of halogens is 2. The van der Waals surface area contributed by atoms with Crippen LogP contribution in [0.15, 0.2) is 24.8 Å². The Hall–Kier alpha value is -1.79. The summed E-state index contributed by atoms with van der Waals surface area (Å²) in [5.74, 6) is -0.732. The minimum Gasteiger partial charge on any atom is -0.507 e. The molecule has 1 atom stereocenters. The number of rotatable bonds is 4. The van der Waals surface area contributed by atoms with Crippen molar-refractivity contribution in [1.29, 1.82) is 0 Å². The number of benzene rings is 1. The van der Waals surface area contributed by atoms with Gasteiger partial charge in [0, 0.05) is 11.1 Å². The molecule has 106 valence electrons. The number of phenols is 1. The smallest absolute Gasteiger partial charge is 0.256 e. The fourth-order valence-electron chi connectivity index (χ4n) is 1.73. The van der Waals surface area contributed by atoms with Crippen molar-refractivity contribution >= 4 is 29.1 Å². The van der Waals surface area contributed by atoms with Crippen LogP contribution in [-0.4, -0.2) is 31.8 Å². The summed E-state index contributed by atoms with van der Waals surface area (Å²) in [7, 11) is 0. The van der Waals surface area contributed by atoms with Crippen LogP contribution in [0, 0.1) is 0 Å². The quantitative estimate of drug-likeness (QED) is 0.905. The number of nitrogens with zero attached hydrogens (tertiary/aromatic N) is 3. The molecule has 20 heavy (non-hydrogen) atoms. The molecule has 2 N–H and O–H groups in total. The van der Waals surface area contributed by atoms with Crippen LogP contribution >= 0.6 is 23.2 Å². The molecule has 0 unspecified atom stereocenters. The van der Waals surface area contributed by atoms with Crippen LogP contribution in [0.1, 0.15) is 17.3 Å². The number of phenolic OH excluding ortho intramolecular Hbond substituents is 1. The van der Waals surface area contributed by atoms with Gasteiger partial charge in [-0.15, -0.1) is 0 Å². The Labute approximate surface area is 125 Å². The van der Waals surface area contributed by atoms with Gasteiger partial charge in [0.1, 0.15) is 18.4 Å². The van der Waals surface area contributed by atoms with Crippen molar-refractivity contribution < 1.29 is 9.90 Å². The maximum atomic E-state index is 12.1. The van der Waals surface area contributed by atoms with Crippen molar-refractivity contribution in [2.24, 2.45) is 0 Å². The normalized spacial score (nSPS) is 12.2. The SMILES string of the molecule is C[C@H](Cn1cncn1)NC(=O)c1c(O)cc(Cl)cc1Cl. The van der Waals surface area contributed by atoms with E-state index in [-0.39, 0.29) is 27.4 Å². The molecule has 0 spiro atoms. The maximum Gasteiger partial charge on any atom is 0.256 e. The maximum absolute atomic E-state index is 12.1. The number of hydrogen-bond donors (Lipinski definition) is 2. The fourth-order valence-corrected chi connectivity index (χ4v) is 2.30. The Bertz CT molecular complexity index is 593. The fraction of sp³-hybridized carbons (Fsp3) is 0.250. The molecule has 2 rings (SSSR count). The summed E-state index contributed by atoms with van der Waals surface area (Å²) in [5.41, 5.74) is 0.00140. The molecule has 6 nitrogen and oxygen atoms in total. The topological polar surface area (TPSA) is 80.0 Å². The molecular weight excluding hydrogens is 303 g/mol. The molecule has 1 amide bonds. The molecule has 0 saturated heterocycles. The van der Waals surface area contributed by atoms with Gasteiger partial charge in [-0.1, -0.05) is 23.2 Å². The highest BCUT2D eigenvalue weighted by molar-refractivity contribution is 6.37. The number of hydrogen-bond acceptors (Lipinski definition) is 4. The van der Waals surface area contributed by atoms with Crippen LogP contribution in [0.5, 0.6) is 5.75 Å². The third-order valence-electron chi connectivity index (χ3n) is 2.57. The summed E-state index contributed by atoms with van der Waals surface area (Å²) in [6.07, 6.45) is 2.96. The van der Waals surface area contributed by atoms with E-state index >= 15 is 0 Å². The number of carbonyl (C=O) groups excluding carboxylic acids is 1. The van der Waals surface area contributed by atoms with Gasteiger partial charge in [-0.05, 0) is 19.1 Å². The molecular formula is C12H12Cl2N4O2. The van der Waals surface area contributed by atoms with Gasteiger partial charge >= 0.3 is 0 Å². The minimum absolute atomic E-state index is 0.00140. The summed E-state index contributed by atoms with van der Waals surface area (Å²) in [6.45, 7) is 2.26. The third-order valence-corrected chi connectivity index (χ3v) is 3.08. The first-order chi connectivity index (χ1) is 9.47. The molecule has 1 heterocycles. The Balaban J connectivity index is 2.08. The van der Waals surface area contributed by atoms with E-state index in [0.29, 0.717) is 6.54 Å². The van der Waals surface area contributed by atoms with Crippen LogP contribution < -0.4 is 5.32 Å². The summed E-state index contributed by atoms with van der Waals surface area (Å²) in [5, 5.41) is 16.8. The first kappa shape index (κ1) is 14.6. The molecule has 0 radical (unpaired) electrons. The Morgan fingerprint density at radius 3 is 2.85 bits per heavy atom. The van der Waals surface area contributed by atoms with Gasteiger partial charge in [0.15, 0.2) is 0 Å². The van der Waals surface area contributed by atoms with Crippen LogP contribution in [-0.2, 0) is 6.54 Å². The predicted octanol–water partition coefficient (Wildman–Crippen LogP) is 2.11. The lowest BCUT2D eigenvalue weighted by molar-refractivity contribution is 0.0933. The molecule has 0 bridgehead atoms. The number of nitrogens with one attached hydrogen (secondary N) is 1. The second-order valence-corrected chi connectivity index (χ2v) is 5.12. The summed E-state index contributed by atoms with van der Waals surface area (Å²) < 4.78 is 1.59. The average molecular weight is 315 g/mol. The van der Waals surface area contributed by atoms with Crippen LogP contribution in [0.3, 0.4) is 0 Å². The number of aromatic hydroxyl groups is 1. The van der Waals surface area contributed by atoms with Crippen molar-refractivity contribution in [2.75, 3.05) is 0 Å². The lowest BCUT2D eigenvalue weighted by Crippen LogP contribution is -2.36. The number of carbonyl (C=O) groups is 1. The van der Waals surface area contributed by atoms with Crippen LogP contribution in [0.2, 0.25) is 10.0 Å². The van der Waals surface area contributed by atoms with Gasteiger partial charge in [-0.25, -0.2) is 4.98 Å². The highest BCUT2D eigenvalue weighted by Crippen LogP contribution is 2.29. The second-order valence-electron chi connectivity index (χ2n) is 4.27. The summed E-state index contributed by atoms with van der Waals surface area (Å²) in [4.78, 5) is 15.9. The van der Waals surface area contributed by atoms with Crippen molar-refractivity contribution in [3.8, 4) is 5.75 Å². The summed E-state index contributed by atoms with van der Waals surface area (Å²) >= 11 is 11.7. The van der Waals surface area contributed by atoms with E-state index in [1.807, 2.05) is 0 Å². The molecule has 0 aliphatic rings. The van der Waals surface area contributed by atoms with Crippen molar-refractivity contribution in [1.82, 2.24) is 20.1 Å². The molecule has 1 aromatic carbocycles. The third kappa shape index (κ3) is 3.40. The zero-order chi connectivity index (χ0) is 14.7. The molecule has 0 saturated carbocycles. The standard InChI is InChI=1S/C12H12Cl2N4O2/c1-7(4-18-6-15-5-16-18)17-12(20)11-9(14)2-8(13)3-10(11)19/h2-3,5-7,19H,4H2,1H3,(H,17,20)/t7-/m1/s1. The van der Waals surface area contributed by atoms with E-state index in [0.717, 1.165) is 0 Å². The van der Waals surface area contributed by atoms with Gasteiger partial charge < -0.3 is 10.4 Å². The largest absolute Gasteiger partial charge is 0.507 e. The Kier molecular flexibility index (Phi) is 4.46. The second kappa shape index (κ2) is 6.11. The summed E-state index contributed by atoms with van der Waals surface area (Å²) in [6, 6.07) is 2.46. The average Bonchev–Trinajstić information content (AvgIpc) is 2.79. The van der Waals surface area contributed by atoms with E-state index in [9.17, 15) is 9.90 Å². The van der Waals surface area contributed by atoms with Crippen molar-refractivity contribution in [3.63, 3.8) is 0 Å². The van der Waals surface area contributed by atoms with E-state index in [2.05, 4.69) is 15.4 Å². The number of aromatic nitrogens is 3.